The number of rotatable bonds is 1. The topological polar surface area (TPSA) is 59.5 Å². The SMILES string of the molecule is C=C1COc2ncc(N3CCOC3=C)nc2N1.CC.CC.[B]C1CCc2c(Cl)cccc21. The predicted octanol–water partition coefficient (Wildman–Crippen LogP) is 5.65. The minimum absolute atomic E-state index is 0.212. The van der Waals surface area contributed by atoms with E-state index in [4.69, 9.17) is 28.9 Å². The van der Waals surface area contributed by atoms with Gasteiger partial charge < -0.3 is 14.8 Å². The van der Waals surface area contributed by atoms with E-state index in [-0.39, 0.29) is 5.82 Å². The third-order valence-corrected chi connectivity index (χ3v) is 5.18. The lowest BCUT2D eigenvalue weighted by Gasteiger charge is -2.21. The van der Waals surface area contributed by atoms with Gasteiger partial charge in [0.05, 0.1) is 20.6 Å². The smallest absolute Gasteiger partial charge is 0.258 e. The van der Waals surface area contributed by atoms with Gasteiger partial charge in [0.1, 0.15) is 13.2 Å². The van der Waals surface area contributed by atoms with Crippen molar-refractivity contribution >= 4 is 31.1 Å². The van der Waals surface area contributed by atoms with Crippen molar-refractivity contribution in [2.45, 2.75) is 46.4 Å². The molecule has 1 atom stereocenters. The van der Waals surface area contributed by atoms with Crippen LogP contribution in [0.3, 0.4) is 0 Å². The van der Waals surface area contributed by atoms with Crippen molar-refractivity contribution in [3.8, 4) is 5.88 Å². The van der Waals surface area contributed by atoms with Gasteiger partial charge in [0.2, 0.25) is 0 Å². The van der Waals surface area contributed by atoms with E-state index in [1.54, 1.807) is 6.20 Å². The van der Waals surface area contributed by atoms with Crippen molar-refractivity contribution in [3.05, 3.63) is 65.3 Å². The Morgan fingerprint density at radius 3 is 2.59 bits per heavy atom. The highest BCUT2D eigenvalue weighted by molar-refractivity contribution is 6.31. The van der Waals surface area contributed by atoms with Crippen molar-refractivity contribution < 1.29 is 9.47 Å². The molecule has 1 aromatic carbocycles. The lowest BCUT2D eigenvalue weighted by atomic mass is 9.83. The van der Waals surface area contributed by atoms with Crippen LogP contribution < -0.4 is 15.0 Å². The largest absolute Gasteiger partial charge is 0.477 e. The third kappa shape index (κ3) is 5.97. The molecule has 2 aliphatic heterocycles. The van der Waals surface area contributed by atoms with Crippen LogP contribution in [0.25, 0.3) is 0 Å². The van der Waals surface area contributed by atoms with Gasteiger partial charge in [-0.15, -0.1) is 0 Å². The number of halogens is 1. The van der Waals surface area contributed by atoms with Crippen molar-refractivity contribution in [1.82, 2.24) is 9.97 Å². The Balaban J connectivity index is 0.000000210. The van der Waals surface area contributed by atoms with Crippen molar-refractivity contribution in [2.75, 3.05) is 30.0 Å². The highest BCUT2D eigenvalue weighted by atomic mass is 35.5. The highest BCUT2D eigenvalue weighted by Crippen LogP contribution is 2.34. The number of hydrogen-bond donors (Lipinski definition) is 1. The number of aromatic nitrogens is 2. The van der Waals surface area contributed by atoms with Crippen LogP contribution in [-0.4, -0.2) is 37.6 Å². The summed E-state index contributed by atoms with van der Waals surface area (Å²) >= 11 is 5.98. The molecule has 6 nitrogen and oxygen atoms in total. The fourth-order valence-corrected chi connectivity index (χ4v) is 3.66. The maximum absolute atomic E-state index is 5.98. The summed E-state index contributed by atoms with van der Waals surface area (Å²) in [6.45, 7) is 17.4. The van der Waals surface area contributed by atoms with E-state index in [0.29, 0.717) is 36.6 Å². The van der Waals surface area contributed by atoms with Crippen molar-refractivity contribution in [2.24, 2.45) is 0 Å². The van der Waals surface area contributed by atoms with Gasteiger partial charge in [-0.3, -0.25) is 4.90 Å². The highest BCUT2D eigenvalue weighted by Gasteiger charge is 2.23. The molecule has 0 bridgehead atoms. The maximum Gasteiger partial charge on any atom is 0.258 e. The molecule has 8 heteroatoms. The van der Waals surface area contributed by atoms with Gasteiger partial charge in [-0.2, -0.15) is 0 Å². The summed E-state index contributed by atoms with van der Waals surface area (Å²) in [6, 6.07) is 5.96. The minimum atomic E-state index is 0.212. The van der Waals surface area contributed by atoms with Crippen LogP contribution in [0.4, 0.5) is 11.6 Å². The quantitative estimate of drug-likeness (QED) is 0.562. The molecule has 1 saturated heterocycles. The van der Waals surface area contributed by atoms with Gasteiger partial charge >= 0.3 is 0 Å². The second-order valence-electron chi connectivity index (χ2n) is 6.75. The van der Waals surface area contributed by atoms with Crippen LogP contribution in [0, 0.1) is 0 Å². The van der Waals surface area contributed by atoms with E-state index >= 15 is 0 Å². The Kier molecular flexibility index (Phi) is 9.91. The first-order valence-electron chi connectivity index (χ1n) is 11.1. The molecule has 3 aliphatic rings. The number of fused-ring (bicyclic) bond motifs is 2. The number of hydrogen-bond acceptors (Lipinski definition) is 6. The zero-order chi connectivity index (χ0) is 23.7. The zero-order valence-electron chi connectivity index (χ0n) is 19.4. The fraction of sp³-hybridized carbons (Fsp3) is 0.417. The van der Waals surface area contributed by atoms with Crippen LogP contribution in [0.1, 0.15) is 51.1 Å². The van der Waals surface area contributed by atoms with E-state index in [2.05, 4.69) is 34.5 Å². The predicted molar refractivity (Wildman–Crippen MR) is 134 cm³/mol. The van der Waals surface area contributed by atoms with Gasteiger partial charge in [-0.1, -0.05) is 70.2 Å². The van der Waals surface area contributed by atoms with Crippen molar-refractivity contribution in [1.29, 1.82) is 0 Å². The molecule has 2 aromatic rings. The Bertz CT molecular complexity index is 938. The molecule has 3 heterocycles. The van der Waals surface area contributed by atoms with Crippen LogP contribution >= 0.6 is 11.6 Å². The lowest BCUT2D eigenvalue weighted by molar-refractivity contribution is 0.270. The normalized spacial score (nSPS) is 17.5. The molecule has 2 radical (unpaired) electrons. The number of anilines is 2. The van der Waals surface area contributed by atoms with E-state index in [1.807, 2.05) is 44.7 Å². The minimum Gasteiger partial charge on any atom is -0.477 e. The maximum atomic E-state index is 5.98. The van der Waals surface area contributed by atoms with Gasteiger partial charge in [-0.05, 0) is 30.2 Å². The summed E-state index contributed by atoms with van der Waals surface area (Å²) < 4.78 is 10.7. The Morgan fingerprint density at radius 1 is 1.19 bits per heavy atom. The molecule has 32 heavy (non-hydrogen) atoms. The number of benzene rings is 1. The number of ether oxygens (including phenoxy) is 2. The van der Waals surface area contributed by atoms with Gasteiger partial charge in [-0.25, -0.2) is 9.97 Å². The first kappa shape index (κ1) is 25.6. The van der Waals surface area contributed by atoms with E-state index in [9.17, 15) is 0 Å². The molecule has 1 aliphatic carbocycles. The lowest BCUT2D eigenvalue weighted by Crippen LogP contribution is -2.22. The Morgan fingerprint density at radius 2 is 1.94 bits per heavy atom. The average molecular weight is 455 g/mol. The van der Waals surface area contributed by atoms with Crippen LogP contribution in [0.5, 0.6) is 5.88 Å². The second-order valence-corrected chi connectivity index (χ2v) is 7.15. The summed E-state index contributed by atoms with van der Waals surface area (Å²) in [4.78, 5) is 10.5. The van der Waals surface area contributed by atoms with Gasteiger partial charge in [0.15, 0.2) is 17.5 Å². The molecule has 1 aromatic heterocycles. The van der Waals surface area contributed by atoms with Gasteiger partial charge in [0, 0.05) is 10.7 Å². The Hall–Kier alpha value is -2.67. The van der Waals surface area contributed by atoms with E-state index < -0.39 is 0 Å². The van der Waals surface area contributed by atoms with E-state index in [1.165, 1.54) is 11.1 Å². The molecule has 170 valence electrons. The number of nitrogens with one attached hydrogen (secondary N) is 1. The summed E-state index contributed by atoms with van der Waals surface area (Å²) in [5, 5.41) is 3.92. The number of nitrogens with zero attached hydrogens (tertiary/aromatic N) is 3. The van der Waals surface area contributed by atoms with Crippen LogP contribution in [0.2, 0.25) is 5.02 Å². The molecule has 1 fully saturated rings. The second kappa shape index (κ2) is 12.4. The average Bonchev–Trinajstić information content (AvgIpc) is 3.43. The molecule has 5 rings (SSSR count). The van der Waals surface area contributed by atoms with E-state index in [0.717, 1.165) is 30.1 Å². The summed E-state index contributed by atoms with van der Waals surface area (Å²) in [5.74, 6) is 2.57. The molecular formula is C24H32BClN4O2. The van der Waals surface area contributed by atoms with Crippen LogP contribution in [0.15, 0.2) is 49.1 Å². The standard InChI is InChI=1S/C11H12N4O2.C9H8BCl.2C2H6/c1-7-6-17-11-10(13-7)14-9(5-12-11)15-3-4-16-8(15)2;10-8-5-4-7-6(8)2-1-3-9(7)11;2*1-2/h5H,1-4,6H2,(H,13,14);1-3,8H,4-5H2;2*1-2H3. The van der Waals surface area contributed by atoms with Gasteiger partial charge in [0.25, 0.3) is 5.88 Å². The molecule has 1 N–H and O–H groups in total. The zero-order valence-corrected chi connectivity index (χ0v) is 20.2. The molecule has 0 saturated carbocycles. The van der Waals surface area contributed by atoms with Crippen molar-refractivity contribution in [3.63, 3.8) is 0 Å². The first-order chi connectivity index (χ1) is 15.5. The first-order valence-corrected chi connectivity index (χ1v) is 11.5. The van der Waals surface area contributed by atoms with Crippen LogP contribution in [-0.2, 0) is 11.2 Å². The molecule has 0 amide bonds. The Labute approximate surface area is 198 Å². The summed E-state index contributed by atoms with van der Waals surface area (Å²) in [6.07, 6.45) is 3.73. The molecule has 1 unspecified atom stereocenters. The fourth-order valence-electron chi connectivity index (χ4n) is 3.39. The molecule has 0 spiro atoms. The summed E-state index contributed by atoms with van der Waals surface area (Å²) in [5.41, 5.74) is 3.25. The summed E-state index contributed by atoms with van der Waals surface area (Å²) in [7, 11) is 5.86. The molecular weight excluding hydrogens is 423 g/mol. The monoisotopic (exact) mass is 454 g/mol. The third-order valence-electron chi connectivity index (χ3n) is 4.83.